The molecule has 0 spiro atoms. The molecule has 2 aromatic rings. The summed E-state index contributed by atoms with van der Waals surface area (Å²) in [5.74, 6) is 1.72. The van der Waals surface area contributed by atoms with Crippen LogP contribution in [-0.2, 0) is 7.05 Å². The quantitative estimate of drug-likeness (QED) is 0.911. The van der Waals surface area contributed by atoms with Crippen molar-refractivity contribution in [3.05, 3.63) is 35.0 Å². The lowest BCUT2D eigenvalue weighted by Gasteiger charge is -2.15. The Balaban J connectivity index is 2.47. The van der Waals surface area contributed by atoms with Gasteiger partial charge in [0.15, 0.2) is 11.5 Å². The number of methoxy groups -OCH3 is 3. The van der Waals surface area contributed by atoms with Crippen LogP contribution in [0.3, 0.4) is 0 Å². The minimum atomic E-state index is -0.853. The molecule has 0 aliphatic rings. The third-order valence-corrected chi connectivity index (χ3v) is 3.40. The molecule has 6 nitrogen and oxygen atoms in total. The van der Waals surface area contributed by atoms with Gasteiger partial charge in [0.2, 0.25) is 5.88 Å². The van der Waals surface area contributed by atoms with E-state index in [1.807, 2.05) is 6.92 Å². The van der Waals surface area contributed by atoms with E-state index in [4.69, 9.17) is 14.2 Å². The molecular weight excluding hydrogens is 272 g/mol. The largest absolute Gasteiger partial charge is 0.493 e. The fourth-order valence-electron chi connectivity index (χ4n) is 2.40. The van der Waals surface area contributed by atoms with Crippen LogP contribution in [0.15, 0.2) is 18.2 Å². The summed E-state index contributed by atoms with van der Waals surface area (Å²) in [5.41, 5.74) is 2.05. The van der Waals surface area contributed by atoms with E-state index in [0.717, 1.165) is 5.69 Å². The Morgan fingerprint density at radius 3 is 2.33 bits per heavy atom. The van der Waals surface area contributed by atoms with Crippen molar-refractivity contribution >= 4 is 0 Å². The van der Waals surface area contributed by atoms with E-state index >= 15 is 0 Å². The number of nitrogens with zero attached hydrogens (tertiary/aromatic N) is 2. The Bertz CT molecular complexity index is 637. The first-order chi connectivity index (χ1) is 10.0. The Morgan fingerprint density at radius 2 is 1.76 bits per heavy atom. The molecule has 114 valence electrons. The molecule has 0 amide bonds. The molecule has 0 saturated carbocycles. The molecule has 0 saturated heterocycles. The molecule has 0 bridgehead atoms. The molecule has 6 heteroatoms. The lowest BCUT2D eigenvalue weighted by Crippen LogP contribution is -2.04. The minimum Gasteiger partial charge on any atom is -0.493 e. The SMILES string of the molecule is COc1ccc(C(O)c2c(C)nn(C)c2OC)cc1OC. The van der Waals surface area contributed by atoms with Crippen LogP contribution in [0, 0.1) is 6.92 Å². The molecule has 1 aromatic heterocycles. The van der Waals surface area contributed by atoms with Gasteiger partial charge in [-0.25, -0.2) is 4.68 Å². The number of benzene rings is 1. The van der Waals surface area contributed by atoms with Gasteiger partial charge in [-0.3, -0.25) is 0 Å². The molecule has 1 aromatic carbocycles. The Labute approximate surface area is 123 Å². The molecular formula is C15H20N2O4. The fourth-order valence-corrected chi connectivity index (χ4v) is 2.40. The maximum atomic E-state index is 10.7. The molecule has 0 fully saturated rings. The monoisotopic (exact) mass is 292 g/mol. The van der Waals surface area contributed by atoms with Crippen LogP contribution in [-0.4, -0.2) is 36.2 Å². The maximum Gasteiger partial charge on any atom is 0.217 e. The predicted octanol–water partition coefficient (Wildman–Crippen LogP) is 1.84. The summed E-state index contributed by atoms with van der Waals surface area (Å²) in [5, 5.41) is 14.9. The molecule has 1 N–H and O–H groups in total. The van der Waals surface area contributed by atoms with E-state index in [0.29, 0.717) is 28.5 Å². The topological polar surface area (TPSA) is 65.7 Å². The van der Waals surface area contributed by atoms with Crippen molar-refractivity contribution in [2.75, 3.05) is 21.3 Å². The highest BCUT2D eigenvalue weighted by molar-refractivity contribution is 5.47. The predicted molar refractivity (Wildman–Crippen MR) is 78.1 cm³/mol. The summed E-state index contributed by atoms with van der Waals surface area (Å²) in [6.45, 7) is 1.84. The van der Waals surface area contributed by atoms with Gasteiger partial charge in [0, 0.05) is 7.05 Å². The second kappa shape index (κ2) is 6.05. The van der Waals surface area contributed by atoms with Crippen LogP contribution in [0.4, 0.5) is 0 Å². The van der Waals surface area contributed by atoms with Gasteiger partial charge in [-0.15, -0.1) is 0 Å². The second-order valence-electron chi connectivity index (χ2n) is 4.65. The number of aliphatic hydroxyl groups is 1. The molecule has 1 unspecified atom stereocenters. The van der Waals surface area contributed by atoms with E-state index in [1.54, 1.807) is 51.3 Å². The Morgan fingerprint density at radius 1 is 1.10 bits per heavy atom. The molecule has 0 aliphatic heterocycles. The summed E-state index contributed by atoms with van der Waals surface area (Å²) in [6, 6.07) is 5.29. The van der Waals surface area contributed by atoms with Crippen LogP contribution in [0.25, 0.3) is 0 Å². The standard InChI is InChI=1S/C15H20N2O4/c1-9-13(15(21-5)17(2)16-9)14(18)10-6-7-11(19-3)12(8-10)20-4/h6-8,14,18H,1-5H3. The molecule has 1 atom stereocenters. The normalized spacial score (nSPS) is 12.1. The van der Waals surface area contributed by atoms with Crippen molar-refractivity contribution in [1.29, 1.82) is 0 Å². The number of hydrogen-bond donors (Lipinski definition) is 1. The first-order valence-corrected chi connectivity index (χ1v) is 6.51. The van der Waals surface area contributed by atoms with Crippen LogP contribution < -0.4 is 14.2 Å². The van der Waals surface area contributed by atoms with Crippen molar-refractivity contribution in [3.8, 4) is 17.4 Å². The smallest absolute Gasteiger partial charge is 0.217 e. The van der Waals surface area contributed by atoms with Gasteiger partial charge < -0.3 is 19.3 Å². The van der Waals surface area contributed by atoms with Gasteiger partial charge >= 0.3 is 0 Å². The van der Waals surface area contributed by atoms with E-state index in [9.17, 15) is 5.11 Å². The third-order valence-electron chi connectivity index (χ3n) is 3.40. The highest BCUT2D eigenvalue weighted by atomic mass is 16.5. The maximum absolute atomic E-state index is 10.7. The zero-order valence-corrected chi connectivity index (χ0v) is 12.9. The molecule has 2 rings (SSSR count). The first kappa shape index (κ1) is 15.2. The van der Waals surface area contributed by atoms with Crippen LogP contribution in [0.1, 0.15) is 22.9 Å². The zero-order valence-electron chi connectivity index (χ0n) is 12.9. The van der Waals surface area contributed by atoms with Crippen molar-refractivity contribution in [2.45, 2.75) is 13.0 Å². The first-order valence-electron chi connectivity index (χ1n) is 6.51. The van der Waals surface area contributed by atoms with Crippen molar-refractivity contribution in [3.63, 3.8) is 0 Å². The summed E-state index contributed by atoms with van der Waals surface area (Å²) >= 11 is 0. The van der Waals surface area contributed by atoms with E-state index in [1.165, 1.54) is 0 Å². The number of ether oxygens (including phenoxy) is 3. The van der Waals surface area contributed by atoms with Gasteiger partial charge in [0.1, 0.15) is 6.10 Å². The van der Waals surface area contributed by atoms with Gasteiger partial charge in [0.05, 0.1) is 32.6 Å². The summed E-state index contributed by atoms with van der Waals surface area (Å²) in [6.07, 6.45) is -0.853. The van der Waals surface area contributed by atoms with Crippen LogP contribution >= 0.6 is 0 Å². The summed E-state index contributed by atoms with van der Waals surface area (Å²) in [4.78, 5) is 0. The summed E-state index contributed by atoms with van der Waals surface area (Å²) < 4.78 is 17.4. The summed E-state index contributed by atoms with van der Waals surface area (Å²) in [7, 11) is 6.46. The van der Waals surface area contributed by atoms with Crippen LogP contribution in [0.2, 0.25) is 0 Å². The lowest BCUT2D eigenvalue weighted by atomic mass is 10.0. The van der Waals surface area contributed by atoms with Crippen molar-refractivity contribution in [2.24, 2.45) is 7.05 Å². The average Bonchev–Trinajstić information content (AvgIpc) is 2.79. The Hall–Kier alpha value is -2.21. The van der Waals surface area contributed by atoms with Gasteiger partial charge in [-0.1, -0.05) is 6.07 Å². The van der Waals surface area contributed by atoms with E-state index < -0.39 is 6.10 Å². The number of aliphatic hydroxyl groups excluding tert-OH is 1. The van der Waals surface area contributed by atoms with E-state index in [-0.39, 0.29) is 0 Å². The average molecular weight is 292 g/mol. The highest BCUT2D eigenvalue weighted by Gasteiger charge is 2.23. The number of hydrogen-bond acceptors (Lipinski definition) is 5. The van der Waals surface area contributed by atoms with Crippen molar-refractivity contribution in [1.82, 2.24) is 9.78 Å². The minimum absolute atomic E-state index is 0.537. The van der Waals surface area contributed by atoms with Crippen molar-refractivity contribution < 1.29 is 19.3 Å². The third kappa shape index (κ3) is 2.67. The molecule has 0 aliphatic carbocycles. The van der Waals surface area contributed by atoms with Gasteiger partial charge in [-0.2, -0.15) is 5.10 Å². The van der Waals surface area contributed by atoms with Crippen LogP contribution in [0.5, 0.6) is 17.4 Å². The van der Waals surface area contributed by atoms with Gasteiger partial charge in [0.25, 0.3) is 0 Å². The lowest BCUT2D eigenvalue weighted by molar-refractivity contribution is 0.212. The van der Waals surface area contributed by atoms with Gasteiger partial charge in [-0.05, 0) is 24.6 Å². The highest BCUT2D eigenvalue weighted by Crippen LogP contribution is 2.36. The second-order valence-corrected chi connectivity index (χ2v) is 4.65. The molecule has 0 radical (unpaired) electrons. The number of rotatable bonds is 5. The number of aryl methyl sites for hydroxylation is 2. The molecule has 21 heavy (non-hydrogen) atoms. The fraction of sp³-hybridized carbons (Fsp3) is 0.400. The zero-order chi connectivity index (χ0) is 15.6. The van der Waals surface area contributed by atoms with E-state index in [2.05, 4.69) is 5.10 Å². The molecule has 1 heterocycles. The number of aromatic nitrogens is 2. The Kier molecular flexibility index (Phi) is 4.37.